The summed E-state index contributed by atoms with van der Waals surface area (Å²) in [5.74, 6) is -1.63. The Morgan fingerprint density at radius 3 is 2.67 bits per heavy atom. The molecule has 1 fully saturated rings. The first-order chi connectivity index (χ1) is 18.7. The third kappa shape index (κ3) is 6.50. The number of anilines is 1. The van der Waals surface area contributed by atoms with Crippen molar-refractivity contribution in [1.29, 1.82) is 0 Å². The second kappa shape index (κ2) is 11.2. The Balaban J connectivity index is 1.17. The third-order valence-electron chi connectivity index (χ3n) is 6.71. The second-order valence-corrected chi connectivity index (χ2v) is 10.4. The Morgan fingerprint density at radius 2 is 1.92 bits per heavy atom. The van der Waals surface area contributed by atoms with Crippen molar-refractivity contribution in [2.75, 3.05) is 12.4 Å². The van der Waals surface area contributed by atoms with Crippen LogP contribution in [0.1, 0.15) is 54.0 Å². The molecule has 0 spiro atoms. The summed E-state index contributed by atoms with van der Waals surface area (Å²) in [6.45, 7) is 0. The van der Waals surface area contributed by atoms with E-state index in [0.29, 0.717) is 18.3 Å². The third-order valence-corrected chi connectivity index (χ3v) is 7.57. The highest BCUT2D eigenvalue weighted by Gasteiger charge is 2.33. The Hall–Kier alpha value is -3.65. The molecule has 5 rings (SSSR count). The highest BCUT2D eigenvalue weighted by molar-refractivity contribution is 7.15. The van der Waals surface area contributed by atoms with Gasteiger partial charge in [-0.3, -0.25) is 10.1 Å². The van der Waals surface area contributed by atoms with Crippen molar-refractivity contribution in [3.05, 3.63) is 58.6 Å². The van der Waals surface area contributed by atoms with E-state index in [1.54, 1.807) is 0 Å². The van der Waals surface area contributed by atoms with Crippen molar-refractivity contribution in [3.8, 4) is 5.75 Å². The maximum Gasteiger partial charge on any atom is 0.573 e. The number of hydrogen-bond donors (Lipinski definition) is 2. The summed E-state index contributed by atoms with van der Waals surface area (Å²) in [5.41, 5.74) is 1.37. The average Bonchev–Trinajstić information content (AvgIpc) is 3.54. The van der Waals surface area contributed by atoms with Crippen molar-refractivity contribution in [2.45, 2.75) is 50.5 Å². The van der Waals surface area contributed by atoms with Crippen LogP contribution in [0.5, 0.6) is 5.75 Å². The van der Waals surface area contributed by atoms with E-state index in [0.717, 1.165) is 72.7 Å². The number of hydrogen-bond acceptors (Lipinski definition) is 8. The van der Waals surface area contributed by atoms with Crippen molar-refractivity contribution in [2.24, 2.45) is 5.92 Å². The maximum atomic E-state index is 14.4. The minimum Gasteiger partial charge on any atom is -0.406 e. The zero-order chi connectivity index (χ0) is 27.6. The molecule has 3 aromatic heterocycles. The molecule has 9 nitrogen and oxygen atoms in total. The molecule has 1 aliphatic rings. The summed E-state index contributed by atoms with van der Waals surface area (Å²) in [7, 11) is 1.14. The lowest BCUT2D eigenvalue weighted by Crippen LogP contribution is -2.24. The van der Waals surface area contributed by atoms with Gasteiger partial charge in [-0.05, 0) is 61.9 Å². The number of halogens is 4. The van der Waals surface area contributed by atoms with E-state index >= 15 is 0 Å². The molecule has 0 saturated heterocycles. The number of aromatic amines is 1. The van der Waals surface area contributed by atoms with Gasteiger partial charge >= 0.3 is 6.36 Å². The molecule has 1 aromatic carbocycles. The smallest absolute Gasteiger partial charge is 0.406 e. The molecule has 0 radical (unpaired) electrons. The molecular weight excluding hydrogens is 540 g/mol. The largest absolute Gasteiger partial charge is 0.573 e. The van der Waals surface area contributed by atoms with Gasteiger partial charge in [-0.15, -0.1) is 28.5 Å². The summed E-state index contributed by atoms with van der Waals surface area (Å²) in [5, 5.41) is 21.3. The summed E-state index contributed by atoms with van der Waals surface area (Å²) in [6.07, 6.45) is -0.0171. The topological polar surface area (TPSA) is 115 Å². The fourth-order valence-corrected chi connectivity index (χ4v) is 5.69. The standard InChI is InChI=1S/C25H24F4N6O3S/c1-37-21(17-12-16(6-7-18(17)26)38-25(27,28)29)23(36)31-24-35-33-20(39-24)10-13-2-4-14(5-3-13)19-11-15-8-9-30-22(15)34-32-19/h6-9,11-14,21H,2-5,10H2,1H3,(H,30,34)(H,31,35,36)/t13?,14?,21-/m0/s1. The average molecular weight is 565 g/mol. The molecule has 0 unspecified atom stereocenters. The zero-order valence-corrected chi connectivity index (χ0v) is 21.5. The van der Waals surface area contributed by atoms with Crippen LogP contribution in [0.4, 0.5) is 22.7 Å². The normalized spacial score (nSPS) is 18.7. The van der Waals surface area contributed by atoms with Gasteiger partial charge in [0.25, 0.3) is 5.91 Å². The lowest BCUT2D eigenvalue weighted by atomic mass is 9.79. The van der Waals surface area contributed by atoms with Crippen molar-refractivity contribution < 1.29 is 31.8 Å². The molecular formula is C25H24F4N6O3S. The van der Waals surface area contributed by atoms with Crippen LogP contribution in [0.25, 0.3) is 11.0 Å². The number of nitrogens with zero attached hydrogens (tertiary/aromatic N) is 4. The van der Waals surface area contributed by atoms with E-state index in [9.17, 15) is 22.4 Å². The second-order valence-electron chi connectivity index (χ2n) is 9.31. The van der Waals surface area contributed by atoms with Gasteiger partial charge in [-0.1, -0.05) is 11.3 Å². The fourth-order valence-electron chi connectivity index (χ4n) is 4.83. The number of nitrogens with one attached hydrogen (secondary N) is 2. The predicted octanol–water partition coefficient (Wildman–Crippen LogP) is 5.69. The van der Waals surface area contributed by atoms with E-state index in [1.807, 2.05) is 12.3 Å². The Bertz CT molecular complexity index is 1450. The van der Waals surface area contributed by atoms with Crippen LogP contribution in [0.15, 0.2) is 36.5 Å². The van der Waals surface area contributed by atoms with Gasteiger partial charge < -0.3 is 14.5 Å². The van der Waals surface area contributed by atoms with Crippen molar-refractivity contribution in [3.63, 3.8) is 0 Å². The van der Waals surface area contributed by atoms with Crippen LogP contribution in [0.3, 0.4) is 0 Å². The molecule has 3 heterocycles. The molecule has 1 amide bonds. The number of carbonyl (C=O) groups is 1. The molecule has 14 heteroatoms. The van der Waals surface area contributed by atoms with Crippen LogP contribution >= 0.6 is 11.3 Å². The molecule has 206 valence electrons. The minimum absolute atomic E-state index is 0.184. The number of aromatic nitrogens is 5. The van der Waals surface area contributed by atoms with Crippen molar-refractivity contribution in [1.82, 2.24) is 25.4 Å². The van der Waals surface area contributed by atoms with Crippen LogP contribution < -0.4 is 10.1 Å². The number of carbonyl (C=O) groups excluding carboxylic acids is 1. The summed E-state index contributed by atoms with van der Waals surface area (Å²) in [4.78, 5) is 15.8. The molecule has 4 aromatic rings. The Morgan fingerprint density at radius 1 is 1.13 bits per heavy atom. The number of amides is 1. The van der Waals surface area contributed by atoms with Gasteiger partial charge in [0, 0.05) is 36.6 Å². The molecule has 1 saturated carbocycles. The number of benzene rings is 1. The highest BCUT2D eigenvalue weighted by atomic mass is 32.1. The molecule has 0 bridgehead atoms. The number of H-pyrrole nitrogens is 1. The van der Waals surface area contributed by atoms with E-state index in [4.69, 9.17) is 4.74 Å². The van der Waals surface area contributed by atoms with Crippen LogP contribution in [-0.4, -0.2) is 44.8 Å². The van der Waals surface area contributed by atoms with Gasteiger partial charge in [0.05, 0.1) is 5.69 Å². The van der Waals surface area contributed by atoms with Gasteiger partial charge in [0.15, 0.2) is 11.8 Å². The summed E-state index contributed by atoms with van der Waals surface area (Å²) >= 11 is 1.19. The zero-order valence-electron chi connectivity index (χ0n) is 20.7. The molecule has 1 aliphatic carbocycles. The quantitative estimate of drug-likeness (QED) is 0.264. The molecule has 0 aliphatic heterocycles. The van der Waals surface area contributed by atoms with Gasteiger partial charge in [-0.25, -0.2) is 4.39 Å². The van der Waals surface area contributed by atoms with Gasteiger partial charge in [-0.2, -0.15) is 5.10 Å². The number of methoxy groups -OCH3 is 1. The molecule has 39 heavy (non-hydrogen) atoms. The van der Waals surface area contributed by atoms with Gasteiger partial charge in [0.1, 0.15) is 16.6 Å². The monoisotopic (exact) mass is 564 g/mol. The summed E-state index contributed by atoms with van der Waals surface area (Å²) in [6, 6.07) is 6.44. The maximum absolute atomic E-state index is 14.4. The van der Waals surface area contributed by atoms with E-state index < -0.39 is 35.5 Å². The first kappa shape index (κ1) is 26.9. The Labute approximate surface area is 224 Å². The summed E-state index contributed by atoms with van der Waals surface area (Å²) < 4.78 is 61.0. The first-order valence-electron chi connectivity index (χ1n) is 12.2. The first-order valence-corrected chi connectivity index (χ1v) is 13.0. The highest BCUT2D eigenvalue weighted by Crippen LogP contribution is 2.37. The van der Waals surface area contributed by atoms with E-state index in [-0.39, 0.29) is 5.13 Å². The number of rotatable bonds is 8. The predicted molar refractivity (Wildman–Crippen MR) is 134 cm³/mol. The molecule has 1 atom stereocenters. The van der Waals surface area contributed by atoms with E-state index in [2.05, 4.69) is 41.5 Å². The number of alkyl halides is 3. The van der Waals surface area contributed by atoms with Gasteiger partial charge in [0.2, 0.25) is 5.13 Å². The van der Waals surface area contributed by atoms with Crippen molar-refractivity contribution >= 4 is 33.4 Å². The Kier molecular flexibility index (Phi) is 7.75. The van der Waals surface area contributed by atoms with Crippen LogP contribution in [0, 0.1) is 11.7 Å². The lowest BCUT2D eigenvalue weighted by Gasteiger charge is -2.27. The fraction of sp³-hybridized carbons (Fsp3) is 0.400. The number of fused-ring (bicyclic) bond motifs is 1. The SMILES string of the molecule is CO[C@H](C(=O)Nc1nnc(CC2CCC(c3cc4cc[nH]c4nn3)CC2)s1)c1cc(OC(F)(F)F)ccc1F. The van der Waals surface area contributed by atoms with Crippen LogP contribution in [0.2, 0.25) is 0 Å². The van der Waals surface area contributed by atoms with E-state index in [1.165, 1.54) is 11.3 Å². The lowest BCUT2D eigenvalue weighted by molar-refractivity contribution is -0.274. The minimum atomic E-state index is -4.97. The number of ether oxygens (including phenoxy) is 2. The van der Waals surface area contributed by atoms with Crippen LogP contribution in [-0.2, 0) is 16.0 Å². The molecule has 2 N–H and O–H groups in total.